The molecule has 0 unspecified atom stereocenters. The highest BCUT2D eigenvalue weighted by atomic mass is 79.9. The number of dihydropyridines is 1. The van der Waals surface area contributed by atoms with Crippen LogP contribution in [0.25, 0.3) is 0 Å². The van der Waals surface area contributed by atoms with Crippen molar-refractivity contribution in [2.45, 2.75) is 39.5 Å². The molecule has 0 spiro atoms. The number of carbonyl (C=O) groups is 2. The van der Waals surface area contributed by atoms with E-state index < -0.39 is 29.1 Å². The van der Waals surface area contributed by atoms with Crippen molar-refractivity contribution in [1.29, 1.82) is 0 Å². The topological polar surface area (TPSA) is 58.2 Å². The highest BCUT2D eigenvalue weighted by Crippen LogP contribution is 2.47. The maximum Gasteiger partial charge on any atom is 0.254 e. The minimum absolute atomic E-state index is 0.0383. The number of hydrogen-bond donors (Lipinski definition) is 2. The molecular weight excluding hydrogens is 478 g/mol. The van der Waals surface area contributed by atoms with Crippen molar-refractivity contribution in [2.24, 2.45) is 5.41 Å². The standard InChI is InChI=1S/C25H23BrF2N2O2/c1-13-20(24(32)30-23-16(27)8-5-9-17(23)28)21(14-6-4-7-15(26)10-14)22-18(29-13)11-25(2,3)12-19(22)31/h4-10,21,29H,11-12H2,1-3H3,(H,30,32)/t21-/m1/s1. The second-order valence-electron chi connectivity index (χ2n) is 9.04. The molecule has 32 heavy (non-hydrogen) atoms. The van der Waals surface area contributed by atoms with Gasteiger partial charge in [0, 0.05) is 39.4 Å². The predicted molar refractivity (Wildman–Crippen MR) is 123 cm³/mol. The Kier molecular flexibility index (Phi) is 5.79. The van der Waals surface area contributed by atoms with Crippen LogP contribution in [0.3, 0.4) is 0 Å². The molecule has 1 aliphatic carbocycles. The van der Waals surface area contributed by atoms with E-state index in [1.54, 1.807) is 6.92 Å². The average molecular weight is 501 g/mol. The van der Waals surface area contributed by atoms with Crippen LogP contribution < -0.4 is 10.6 Å². The van der Waals surface area contributed by atoms with E-state index in [4.69, 9.17) is 0 Å². The number of benzene rings is 2. The summed E-state index contributed by atoms with van der Waals surface area (Å²) in [5.74, 6) is -3.08. The molecule has 2 aromatic carbocycles. The second kappa shape index (κ2) is 8.28. The van der Waals surface area contributed by atoms with Gasteiger partial charge in [0.2, 0.25) is 0 Å². The molecule has 1 atom stereocenters. The summed E-state index contributed by atoms with van der Waals surface area (Å²) in [6, 6.07) is 10.8. The number of Topliss-reactive ketones (excluding diaryl/α,β-unsaturated/α-hetero) is 1. The number of para-hydroxylation sites is 1. The third kappa shape index (κ3) is 4.13. The van der Waals surface area contributed by atoms with Crippen molar-refractivity contribution >= 4 is 33.3 Å². The lowest BCUT2D eigenvalue weighted by atomic mass is 9.68. The fourth-order valence-electron chi connectivity index (χ4n) is 4.55. The first-order valence-electron chi connectivity index (χ1n) is 10.3. The molecule has 0 radical (unpaired) electrons. The summed E-state index contributed by atoms with van der Waals surface area (Å²) in [6.07, 6.45) is 1.01. The van der Waals surface area contributed by atoms with Crippen LogP contribution in [-0.2, 0) is 9.59 Å². The van der Waals surface area contributed by atoms with Gasteiger partial charge in [-0.1, -0.05) is 48.0 Å². The lowest BCUT2D eigenvalue weighted by Crippen LogP contribution is -2.39. The van der Waals surface area contributed by atoms with Crippen LogP contribution in [0.2, 0.25) is 0 Å². The minimum Gasteiger partial charge on any atom is -0.362 e. The van der Waals surface area contributed by atoms with E-state index in [1.807, 2.05) is 38.1 Å². The minimum atomic E-state index is -0.866. The molecule has 2 N–H and O–H groups in total. The maximum atomic E-state index is 14.2. The van der Waals surface area contributed by atoms with E-state index in [9.17, 15) is 18.4 Å². The van der Waals surface area contributed by atoms with Gasteiger partial charge in [-0.2, -0.15) is 0 Å². The molecule has 166 valence electrons. The van der Waals surface area contributed by atoms with Crippen molar-refractivity contribution < 1.29 is 18.4 Å². The Labute approximate surface area is 193 Å². The number of nitrogens with one attached hydrogen (secondary N) is 2. The summed E-state index contributed by atoms with van der Waals surface area (Å²) < 4.78 is 29.2. The molecular formula is C25H23BrF2N2O2. The first-order chi connectivity index (χ1) is 15.1. The molecule has 0 saturated carbocycles. The van der Waals surface area contributed by atoms with Crippen LogP contribution in [0.4, 0.5) is 14.5 Å². The van der Waals surface area contributed by atoms with Gasteiger partial charge in [0.1, 0.15) is 17.3 Å². The van der Waals surface area contributed by atoms with Crippen molar-refractivity contribution in [3.8, 4) is 0 Å². The van der Waals surface area contributed by atoms with Gasteiger partial charge in [-0.25, -0.2) is 8.78 Å². The highest BCUT2D eigenvalue weighted by molar-refractivity contribution is 9.10. The maximum absolute atomic E-state index is 14.2. The summed E-state index contributed by atoms with van der Waals surface area (Å²) in [5, 5.41) is 5.63. The van der Waals surface area contributed by atoms with E-state index >= 15 is 0 Å². The molecule has 4 nitrogen and oxygen atoms in total. The van der Waals surface area contributed by atoms with Gasteiger partial charge < -0.3 is 10.6 Å². The largest absolute Gasteiger partial charge is 0.362 e. The molecule has 1 aliphatic heterocycles. The Morgan fingerprint density at radius 1 is 1.12 bits per heavy atom. The van der Waals surface area contributed by atoms with Crippen LogP contribution in [0.5, 0.6) is 0 Å². The molecule has 2 aromatic rings. The smallest absolute Gasteiger partial charge is 0.254 e. The number of halogens is 3. The Morgan fingerprint density at radius 2 is 1.78 bits per heavy atom. The van der Waals surface area contributed by atoms with Gasteiger partial charge in [-0.05, 0) is 48.6 Å². The van der Waals surface area contributed by atoms with E-state index in [2.05, 4.69) is 26.6 Å². The van der Waals surface area contributed by atoms with Crippen LogP contribution in [-0.4, -0.2) is 11.7 Å². The van der Waals surface area contributed by atoms with Gasteiger partial charge in [0.15, 0.2) is 5.78 Å². The van der Waals surface area contributed by atoms with Gasteiger partial charge in [-0.3, -0.25) is 9.59 Å². The summed E-state index contributed by atoms with van der Waals surface area (Å²) in [5.41, 5.74) is 2.17. The summed E-state index contributed by atoms with van der Waals surface area (Å²) >= 11 is 3.46. The molecule has 1 amide bonds. The van der Waals surface area contributed by atoms with E-state index in [1.165, 1.54) is 6.07 Å². The summed E-state index contributed by atoms with van der Waals surface area (Å²) in [6.45, 7) is 5.81. The third-order valence-electron chi connectivity index (χ3n) is 5.87. The summed E-state index contributed by atoms with van der Waals surface area (Å²) in [4.78, 5) is 26.6. The normalized spacial score (nSPS) is 20.1. The quantitative estimate of drug-likeness (QED) is 0.545. The molecule has 0 fully saturated rings. The average Bonchev–Trinajstić information content (AvgIpc) is 2.68. The molecule has 0 aromatic heterocycles. The van der Waals surface area contributed by atoms with Gasteiger partial charge in [0.25, 0.3) is 5.91 Å². The molecule has 2 aliphatic rings. The number of ketones is 1. The molecule has 7 heteroatoms. The van der Waals surface area contributed by atoms with Crippen molar-refractivity contribution in [1.82, 2.24) is 5.32 Å². The summed E-state index contributed by atoms with van der Waals surface area (Å²) in [7, 11) is 0. The third-order valence-corrected chi connectivity index (χ3v) is 6.36. The zero-order chi connectivity index (χ0) is 23.2. The van der Waals surface area contributed by atoms with E-state index in [0.717, 1.165) is 27.9 Å². The SMILES string of the molecule is CC1=C(C(=O)Nc2c(F)cccc2F)[C@@H](c2cccc(Br)c2)C2=C(CC(C)(C)CC2=O)N1. The number of allylic oxidation sites excluding steroid dienone is 3. The van der Waals surface area contributed by atoms with Crippen LogP contribution in [0.1, 0.15) is 45.1 Å². The van der Waals surface area contributed by atoms with Gasteiger partial charge >= 0.3 is 0 Å². The second-order valence-corrected chi connectivity index (χ2v) is 9.95. The predicted octanol–water partition coefficient (Wildman–Crippen LogP) is 5.97. The van der Waals surface area contributed by atoms with E-state index in [0.29, 0.717) is 24.1 Å². The Morgan fingerprint density at radius 3 is 2.44 bits per heavy atom. The molecule has 0 bridgehead atoms. The fraction of sp³-hybridized carbons (Fsp3) is 0.280. The first-order valence-corrected chi connectivity index (χ1v) is 11.1. The van der Waals surface area contributed by atoms with Crippen molar-refractivity contribution in [3.05, 3.63) is 86.7 Å². The Hall–Kier alpha value is -2.80. The molecule has 1 heterocycles. The Balaban J connectivity index is 1.84. The highest BCUT2D eigenvalue weighted by Gasteiger charge is 2.42. The monoisotopic (exact) mass is 500 g/mol. The van der Waals surface area contributed by atoms with Crippen LogP contribution in [0, 0.1) is 17.0 Å². The number of amides is 1. The number of anilines is 1. The van der Waals surface area contributed by atoms with Gasteiger partial charge in [0.05, 0.1) is 0 Å². The van der Waals surface area contributed by atoms with E-state index in [-0.39, 0.29) is 16.8 Å². The van der Waals surface area contributed by atoms with Crippen LogP contribution in [0.15, 0.2) is 69.5 Å². The zero-order valence-electron chi connectivity index (χ0n) is 18.0. The number of carbonyl (C=O) groups excluding carboxylic acids is 2. The number of rotatable bonds is 3. The van der Waals surface area contributed by atoms with Gasteiger partial charge in [-0.15, -0.1) is 0 Å². The first kappa shape index (κ1) is 22.4. The molecule has 4 rings (SSSR count). The van der Waals surface area contributed by atoms with Crippen LogP contribution >= 0.6 is 15.9 Å². The Bertz CT molecular complexity index is 1180. The molecule has 0 saturated heterocycles. The zero-order valence-corrected chi connectivity index (χ0v) is 19.6. The number of hydrogen-bond acceptors (Lipinski definition) is 3. The fourth-order valence-corrected chi connectivity index (χ4v) is 4.97. The van der Waals surface area contributed by atoms with Crippen molar-refractivity contribution in [2.75, 3.05) is 5.32 Å². The lowest BCUT2D eigenvalue weighted by Gasteiger charge is -2.39. The van der Waals surface area contributed by atoms with Crippen molar-refractivity contribution in [3.63, 3.8) is 0 Å². The lowest BCUT2D eigenvalue weighted by molar-refractivity contribution is -0.118.